The van der Waals surface area contributed by atoms with Gasteiger partial charge in [0, 0.05) is 35.9 Å². The Balaban J connectivity index is 0.00000180. The normalized spacial score (nSPS) is 19.0. The summed E-state index contributed by atoms with van der Waals surface area (Å²) in [4.78, 5) is 16.3. The van der Waals surface area contributed by atoms with E-state index in [2.05, 4.69) is 29.5 Å². The van der Waals surface area contributed by atoms with E-state index in [-0.39, 0.29) is 18.3 Å². The fraction of sp³-hybridized carbons (Fsp3) is 0.667. The third-order valence-corrected chi connectivity index (χ3v) is 4.70. The highest BCUT2D eigenvalue weighted by Crippen LogP contribution is 2.21. The van der Waals surface area contributed by atoms with E-state index in [0.29, 0.717) is 23.5 Å². The maximum atomic E-state index is 11.9. The van der Waals surface area contributed by atoms with E-state index < -0.39 is 0 Å². The van der Waals surface area contributed by atoms with Crippen LogP contribution in [0.4, 0.5) is 5.13 Å². The second-order valence-electron chi connectivity index (χ2n) is 4.71. The molecule has 1 fully saturated rings. The van der Waals surface area contributed by atoms with Crippen molar-refractivity contribution >= 4 is 46.5 Å². The van der Waals surface area contributed by atoms with E-state index in [9.17, 15) is 4.79 Å². The number of anilines is 1. The van der Waals surface area contributed by atoms with Crippen molar-refractivity contribution < 1.29 is 4.79 Å². The van der Waals surface area contributed by atoms with Crippen LogP contribution in [0.15, 0.2) is 5.38 Å². The molecule has 1 amide bonds. The molecule has 0 saturated carbocycles. The second-order valence-corrected chi connectivity index (χ2v) is 6.72. The fourth-order valence-electron chi connectivity index (χ4n) is 1.75. The molecule has 0 bridgehead atoms. The molecule has 1 aliphatic rings. The van der Waals surface area contributed by atoms with E-state index in [1.165, 1.54) is 11.3 Å². The van der Waals surface area contributed by atoms with Crippen LogP contribution >= 0.6 is 35.5 Å². The van der Waals surface area contributed by atoms with Crippen LogP contribution in [0.2, 0.25) is 0 Å². The minimum Gasteiger partial charge on any atom is -0.312 e. The Kier molecular flexibility index (Phi) is 7.13. The molecule has 1 aromatic rings. The van der Waals surface area contributed by atoms with Crippen molar-refractivity contribution in [1.82, 2.24) is 10.3 Å². The third-order valence-electron chi connectivity index (χ3n) is 2.79. The molecule has 1 aromatic heterocycles. The Labute approximate surface area is 128 Å². The van der Waals surface area contributed by atoms with Gasteiger partial charge in [-0.05, 0) is 5.92 Å². The molecule has 7 heteroatoms. The topological polar surface area (TPSA) is 54.0 Å². The van der Waals surface area contributed by atoms with Crippen LogP contribution in [0, 0.1) is 0 Å². The summed E-state index contributed by atoms with van der Waals surface area (Å²) in [7, 11) is 0. The zero-order chi connectivity index (χ0) is 13.0. The minimum absolute atomic E-state index is 0. The van der Waals surface area contributed by atoms with Gasteiger partial charge in [0.05, 0.1) is 5.69 Å². The van der Waals surface area contributed by atoms with Crippen molar-refractivity contribution in [3.63, 3.8) is 0 Å². The molecule has 2 N–H and O–H groups in total. The molecule has 2 heterocycles. The summed E-state index contributed by atoms with van der Waals surface area (Å²) in [5.41, 5.74) is 1.04. The number of nitrogens with zero attached hydrogens (tertiary/aromatic N) is 1. The first-order chi connectivity index (χ1) is 8.65. The lowest BCUT2D eigenvalue weighted by Crippen LogP contribution is -2.39. The van der Waals surface area contributed by atoms with Crippen LogP contribution < -0.4 is 10.6 Å². The summed E-state index contributed by atoms with van der Waals surface area (Å²) in [6.45, 7) is 5.20. The molecule has 2 rings (SSSR count). The summed E-state index contributed by atoms with van der Waals surface area (Å²) < 4.78 is 0. The number of carbonyl (C=O) groups is 1. The molecule has 19 heavy (non-hydrogen) atoms. The first-order valence-electron chi connectivity index (χ1n) is 6.21. The molecular formula is C12H20ClN3OS2. The molecule has 0 spiro atoms. The van der Waals surface area contributed by atoms with Gasteiger partial charge in [-0.3, -0.25) is 4.79 Å². The highest BCUT2D eigenvalue weighted by atomic mass is 35.5. The van der Waals surface area contributed by atoms with Gasteiger partial charge in [0.25, 0.3) is 0 Å². The Bertz CT molecular complexity index is 405. The number of carbonyl (C=O) groups excluding carboxylic acids is 1. The number of hydrogen-bond acceptors (Lipinski definition) is 5. The number of amides is 1. The zero-order valence-electron chi connectivity index (χ0n) is 11.1. The standard InChI is InChI=1S/C12H19N3OS2.ClH/c1-8(2)10-7-18-12(14-10)15-11(16)5-9-6-17-4-3-13-9;/h7-9,13H,3-6H2,1-2H3,(H,14,15,16);1H. The van der Waals surface area contributed by atoms with E-state index in [1.54, 1.807) is 0 Å². The van der Waals surface area contributed by atoms with Crippen LogP contribution in [-0.4, -0.2) is 35.0 Å². The Morgan fingerprint density at radius 2 is 2.42 bits per heavy atom. The lowest BCUT2D eigenvalue weighted by Gasteiger charge is -2.22. The Morgan fingerprint density at radius 1 is 1.63 bits per heavy atom. The lowest BCUT2D eigenvalue weighted by atomic mass is 10.2. The lowest BCUT2D eigenvalue weighted by molar-refractivity contribution is -0.116. The van der Waals surface area contributed by atoms with Crippen molar-refractivity contribution in [2.24, 2.45) is 0 Å². The van der Waals surface area contributed by atoms with Gasteiger partial charge in [-0.15, -0.1) is 23.7 Å². The average molecular weight is 322 g/mol. The summed E-state index contributed by atoms with van der Waals surface area (Å²) in [5.74, 6) is 2.62. The maximum Gasteiger partial charge on any atom is 0.227 e. The maximum absolute atomic E-state index is 11.9. The molecule has 1 aliphatic heterocycles. The van der Waals surface area contributed by atoms with Crippen LogP contribution in [0.1, 0.15) is 31.9 Å². The molecular weight excluding hydrogens is 302 g/mol. The molecule has 4 nitrogen and oxygen atoms in total. The third kappa shape index (κ3) is 5.30. The van der Waals surface area contributed by atoms with E-state index in [4.69, 9.17) is 0 Å². The molecule has 108 valence electrons. The number of hydrogen-bond donors (Lipinski definition) is 2. The molecule has 0 radical (unpaired) electrons. The first-order valence-corrected chi connectivity index (χ1v) is 8.25. The molecule has 0 aromatic carbocycles. The van der Waals surface area contributed by atoms with Crippen molar-refractivity contribution in [2.75, 3.05) is 23.4 Å². The smallest absolute Gasteiger partial charge is 0.227 e. The van der Waals surface area contributed by atoms with Crippen LogP contribution in [0.25, 0.3) is 0 Å². The quantitative estimate of drug-likeness (QED) is 0.895. The molecule has 1 saturated heterocycles. The number of thioether (sulfide) groups is 1. The van der Waals surface area contributed by atoms with Gasteiger partial charge < -0.3 is 10.6 Å². The van der Waals surface area contributed by atoms with Gasteiger partial charge in [-0.25, -0.2) is 4.98 Å². The van der Waals surface area contributed by atoms with E-state index in [0.717, 1.165) is 23.7 Å². The minimum atomic E-state index is 0. The zero-order valence-corrected chi connectivity index (χ0v) is 13.6. The van der Waals surface area contributed by atoms with Crippen LogP contribution in [0.3, 0.4) is 0 Å². The van der Waals surface area contributed by atoms with Crippen LogP contribution in [-0.2, 0) is 4.79 Å². The average Bonchev–Trinajstić information content (AvgIpc) is 2.78. The van der Waals surface area contributed by atoms with E-state index in [1.807, 2.05) is 17.1 Å². The Hall–Kier alpha value is -0.300. The molecule has 1 unspecified atom stereocenters. The van der Waals surface area contributed by atoms with Crippen molar-refractivity contribution in [3.05, 3.63) is 11.1 Å². The van der Waals surface area contributed by atoms with Crippen molar-refractivity contribution in [3.8, 4) is 0 Å². The second kappa shape index (κ2) is 8.09. The molecule has 0 aliphatic carbocycles. The monoisotopic (exact) mass is 321 g/mol. The number of thiazole rings is 1. The van der Waals surface area contributed by atoms with Crippen molar-refractivity contribution in [1.29, 1.82) is 0 Å². The van der Waals surface area contributed by atoms with Gasteiger partial charge >= 0.3 is 0 Å². The summed E-state index contributed by atoms with van der Waals surface area (Å²) in [5, 5.41) is 8.97. The van der Waals surface area contributed by atoms with Crippen LogP contribution in [0.5, 0.6) is 0 Å². The SMILES string of the molecule is CC(C)c1csc(NC(=O)CC2CSCCN2)n1.Cl. The first kappa shape index (κ1) is 16.8. The van der Waals surface area contributed by atoms with Crippen molar-refractivity contribution in [2.45, 2.75) is 32.2 Å². The highest BCUT2D eigenvalue weighted by molar-refractivity contribution is 7.99. The number of nitrogens with one attached hydrogen (secondary N) is 2. The van der Waals surface area contributed by atoms with Gasteiger partial charge in [0.15, 0.2) is 5.13 Å². The fourth-order valence-corrected chi connectivity index (χ4v) is 3.59. The van der Waals surface area contributed by atoms with Gasteiger partial charge in [-0.2, -0.15) is 11.8 Å². The summed E-state index contributed by atoms with van der Waals surface area (Å²) >= 11 is 3.40. The summed E-state index contributed by atoms with van der Waals surface area (Å²) in [6, 6.07) is 0.299. The number of aromatic nitrogens is 1. The number of rotatable bonds is 4. The number of halogens is 1. The van der Waals surface area contributed by atoms with E-state index >= 15 is 0 Å². The predicted molar refractivity (Wildman–Crippen MR) is 85.8 cm³/mol. The van der Waals surface area contributed by atoms with Gasteiger partial charge in [-0.1, -0.05) is 13.8 Å². The highest BCUT2D eigenvalue weighted by Gasteiger charge is 2.17. The Morgan fingerprint density at radius 3 is 3.00 bits per heavy atom. The molecule has 1 atom stereocenters. The largest absolute Gasteiger partial charge is 0.312 e. The van der Waals surface area contributed by atoms with Gasteiger partial charge in [0.2, 0.25) is 5.91 Å². The predicted octanol–water partition coefficient (Wildman–Crippen LogP) is 2.72. The van der Waals surface area contributed by atoms with Gasteiger partial charge in [0.1, 0.15) is 0 Å². The summed E-state index contributed by atoms with van der Waals surface area (Å²) in [6.07, 6.45) is 0.531.